The van der Waals surface area contributed by atoms with Gasteiger partial charge in [-0.2, -0.15) is 0 Å². The molecule has 0 radical (unpaired) electrons. The molecule has 0 spiro atoms. The molecule has 0 unspecified atom stereocenters. The van der Waals surface area contributed by atoms with E-state index in [0.29, 0.717) is 14.3 Å². The van der Waals surface area contributed by atoms with Crippen molar-refractivity contribution in [3.63, 3.8) is 0 Å². The molecule has 1 heterocycles. The average Bonchev–Trinajstić information content (AvgIpc) is 2.40. The predicted molar refractivity (Wildman–Crippen MR) is 111 cm³/mol. The molecule has 1 rings (SSSR count). The summed E-state index contributed by atoms with van der Waals surface area (Å²) in [5.41, 5.74) is 0.444. The minimum atomic E-state index is -1.40. The fourth-order valence-corrected chi connectivity index (χ4v) is 0.866. The zero-order valence-electron chi connectivity index (χ0n) is 12.7. The van der Waals surface area contributed by atoms with E-state index in [-0.39, 0.29) is 16.5 Å². The maximum absolute atomic E-state index is 5.53. The van der Waals surface area contributed by atoms with Gasteiger partial charge in [-0.15, -0.1) is 0 Å². The number of aromatic nitrogens is 1. The number of alkyl halides is 3. The molecular formula is C12H16Cl3N3NiS4. The Morgan fingerprint density at radius 3 is 1.48 bits per heavy atom. The Balaban J connectivity index is -0.000000271. The van der Waals surface area contributed by atoms with Crippen LogP contribution in [0.4, 0.5) is 0 Å². The van der Waals surface area contributed by atoms with E-state index < -0.39 is 3.79 Å². The van der Waals surface area contributed by atoms with E-state index in [1.54, 1.807) is 34.2 Å². The number of nitrogens with zero attached hydrogens (tertiary/aromatic N) is 3. The van der Waals surface area contributed by atoms with Gasteiger partial charge in [0, 0.05) is 34.4 Å². The van der Waals surface area contributed by atoms with Crippen molar-refractivity contribution in [2.75, 3.05) is 28.2 Å². The summed E-state index contributed by atoms with van der Waals surface area (Å²) in [6.45, 7) is 0. The van der Waals surface area contributed by atoms with Crippen LogP contribution in [0, 0.1) is 0 Å². The maximum atomic E-state index is 5.53. The number of pyridine rings is 1. The van der Waals surface area contributed by atoms with Crippen LogP contribution in [0.15, 0.2) is 24.4 Å². The standard InChI is InChI=1S/C6H4Cl3N.2C3H7NS2.Ni/c7-6(8,9)5-3-1-2-4-10-5;2*1-4(2)3(5)6;/h1-4H;2*1-2H3,(H,5,6);/q;;;+2/p-2. The van der Waals surface area contributed by atoms with Gasteiger partial charge in [0.25, 0.3) is 0 Å². The monoisotopic (exact) mass is 493 g/mol. The normalized spacial score (nSPS) is 9.00. The summed E-state index contributed by atoms with van der Waals surface area (Å²) in [4.78, 5) is 7.28. The van der Waals surface area contributed by atoms with E-state index in [9.17, 15) is 0 Å². The summed E-state index contributed by atoms with van der Waals surface area (Å²) in [5, 5.41) is 0. The molecule has 0 bridgehead atoms. The van der Waals surface area contributed by atoms with Crippen LogP contribution in [-0.4, -0.2) is 51.6 Å². The molecule has 1 aromatic rings. The molecule has 11 heteroatoms. The molecule has 23 heavy (non-hydrogen) atoms. The second-order valence-electron chi connectivity index (χ2n) is 4.03. The number of halogens is 3. The average molecular weight is 496 g/mol. The van der Waals surface area contributed by atoms with Crippen LogP contribution in [-0.2, 0) is 45.5 Å². The maximum Gasteiger partial charge on any atom is 2.00 e. The Morgan fingerprint density at radius 2 is 1.35 bits per heavy atom. The first-order valence-corrected chi connectivity index (χ1v) is 8.41. The van der Waals surface area contributed by atoms with E-state index in [1.807, 2.05) is 28.2 Å². The van der Waals surface area contributed by atoms with Gasteiger partial charge < -0.3 is 59.5 Å². The summed E-state index contributed by atoms with van der Waals surface area (Å²) in [5.74, 6) is 0. The molecule has 134 valence electrons. The van der Waals surface area contributed by atoms with Gasteiger partial charge in [0.15, 0.2) is 0 Å². The largest absolute Gasteiger partial charge is 2.00 e. The van der Waals surface area contributed by atoms with E-state index in [0.717, 1.165) is 0 Å². The van der Waals surface area contributed by atoms with Gasteiger partial charge >= 0.3 is 16.5 Å². The van der Waals surface area contributed by atoms with E-state index >= 15 is 0 Å². The predicted octanol–water partition coefficient (Wildman–Crippen LogP) is 3.67. The van der Waals surface area contributed by atoms with Crippen LogP contribution < -0.4 is 0 Å². The van der Waals surface area contributed by atoms with Crippen LogP contribution in [0.5, 0.6) is 0 Å². The third-order valence-electron chi connectivity index (χ3n) is 1.69. The number of rotatable bonds is 0. The second kappa shape index (κ2) is 15.0. The molecule has 0 saturated heterocycles. The van der Waals surface area contributed by atoms with Crippen LogP contribution >= 0.6 is 59.2 Å². The quantitative estimate of drug-likeness (QED) is 0.234. The van der Waals surface area contributed by atoms with Crippen molar-refractivity contribution in [2.45, 2.75) is 3.79 Å². The smallest absolute Gasteiger partial charge is 0.411 e. The summed E-state index contributed by atoms with van der Waals surface area (Å²) < 4.78 is -0.383. The van der Waals surface area contributed by atoms with Crippen LogP contribution in [0.2, 0.25) is 0 Å². The van der Waals surface area contributed by atoms with Crippen LogP contribution in [0.3, 0.4) is 0 Å². The molecule has 0 atom stereocenters. The van der Waals surface area contributed by atoms with Crippen LogP contribution in [0.1, 0.15) is 5.69 Å². The van der Waals surface area contributed by atoms with Crippen molar-refractivity contribution in [3.05, 3.63) is 30.1 Å². The molecule has 0 aliphatic rings. The molecule has 0 aliphatic heterocycles. The Kier molecular flexibility index (Phi) is 18.6. The van der Waals surface area contributed by atoms with Gasteiger partial charge in [0.2, 0.25) is 3.79 Å². The topological polar surface area (TPSA) is 19.4 Å². The Hall–Kier alpha value is 0.734. The molecule has 1 aromatic heterocycles. The number of hydrogen-bond acceptors (Lipinski definition) is 5. The van der Waals surface area contributed by atoms with Gasteiger partial charge in [-0.3, -0.25) is 4.98 Å². The first kappa shape index (κ1) is 28.5. The fourth-order valence-electron chi connectivity index (χ4n) is 0.530. The third kappa shape index (κ3) is 18.9. The van der Waals surface area contributed by atoms with Gasteiger partial charge in [-0.1, -0.05) is 49.5 Å². The van der Waals surface area contributed by atoms with Gasteiger partial charge in [0.05, 0.1) is 5.69 Å². The van der Waals surface area contributed by atoms with Gasteiger partial charge in [-0.25, -0.2) is 0 Å². The van der Waals surface area contributed by atoms with Crippen molar-refractivity contribution in [1.82, 2.24) is 14.8 Å². The van der Waals surface area contributed by atoms with Gasteiger partial charge in [0.1, 0.15) is 0 Å². The fraction of sp³-hybridized carbons (Fsp3) is 0.417. The SMILES string of the molecule is CN(C)C(=S)[S-].CN(C)C(=S)[S-].ClC(Cl)(Cl)c1ccccn1.[Ni+2]. The summed E-state index contributed by atoms with van der Waals surface area (Å²) in [7, 11) is 7.31. The minimum absolute atomic E-state index is 0. The Morgan fingerprint density at radius 1 is 1.00 bits per heavy atom. The van der Waals surface area contributed by atoms with E-state index in [2.05, 4.69) is 54.7 Å². The van der Waals surface area contributed by atoms with E-state index in [4.69, 9.17) is 34.8 Å². The molecule has 0 aliphatic carbocycles. The second-order valence-corrected chi connectivity index (χ2v) is 8.38. The first-order chi connectivity index (χ1) is 9.89. The van der Waals surface area contributed by atoms with Crippen LogP contribution in [0.25, 0.3) is 0 Å². The van der Waals surface area contributed by atoms with Crippen molar-refractivity contribution < 1.29 is 16.5 Å². The van der Waals surface area contributed by atoms with Crippen molar-refractivity contribution in [2.24, 2.45) is 0 Å². The Labute approximate surface area is 185 Å². The van der Waals surface area contributed by atoms with Crippen molar-refractivity contribution in [3.8, 4) is 0 Å². The summed E-state index contributed by atoms with van der Waals surface area (Å²) in [6, 6.07) is 5.19. The third-order valence-corrected chi connectivity index (χ3v) is 3.73. The van der Waals surface area contributed by atoms with E-state index in [1.165, 1.54) is 0 Å². The zero-order chi connectivity index (χ0) is 17.9. The zero-order valence-corrected chi connectivity index (χ0v) is 19.3. The van der Waals surface area contributed by atoms with Gasteiger partial charge in [-0.05, 0) is 12.1 Å². The summed E-state index contributed by atoms with van der Waals surface area (Å²) >= 11 is 34.8. The Bertz CT molecular complexity index is 439. The first-order valence-electron chi connectivity index (χ1n) is 5.64. The van der Waals surface area contributed by atoms with Crippen molar-refractivity contribution in [1.29, 1.82) is 0 Å². The molecule has 0 N–H and O–H groups in total. The molecular weight excluding hydrogens is 479 g/mol. The number of hydrogen-bond donors (Lipinski definition) is 0. The molecule has 0 fully saturated rings. The minimum Gasteiger partial charge on any atom is -0.411 e. The van der Waals surface area contributed by atoms with Crippen molar-refractivity contribution >= 4 is 93.1 Å². The molecule has 0 amide bonds. The molecule has 0 aromatic carbocycles. The summed E-state index contributed by atoms with van der Waals surface area (Å²) in [6.07, 6.45) is 1.58. The number of thiocarbonyl (C=S) groups is 2. The molecule has 3 nitrogen and oxygen atoms in total. The molecule has 0 saturated carbocycles.